The smallest absolute Gasteiger partial charge is 0.0874 e. The van der Waals surface area contributed by atoms with Crippen LogP contribution in [0.3, 0.4) is 0 Å². The lowest BCUT2D eigenvalue weighted by atomic mass is 10.1. The van der Waals surface area contributed by atoms with Crippen LogP contribution in [0.5, 0.6) is 0 Å². The zero-order valence-corrected chi connectivity index (χ0v) is 14.5. The zero-order chi connectivity index (χ0) is 12.1. The Morgan fingerprint density at radius 1 is 1.40 bits per heavy atom. The minimum absolute atomic E-state index is 0.324. The number of hydrogen-bond acceptors (Lipinski definition) is 0. The molecule has 0 aromatic heterocycles. The average molecular weight is 442 g/mol. The Labute approximate surface area is 126 Å². The molecule has 0 aromatic rings. The summed E-state index contributed by atoms with van der Waals surface area (Å²) in [4.78, 5) is 2.90. The van der Waals surface area contributed by atoms with E-state index >= 15 is 0 Å². The van der Waals surface area contributed by atoms with E-state index in [1.165, 1.54) is 0 Å². The van der Waals surface area contributed by atoms with Gasteiger partial charge in [-0.05, 0) is 35.5 Å². The number of halogens is 5. The Kier molecular flexibility index (Phi) is 8.17. The van der Waals surface area contributed by atoms with Gasteiger partial charge in [-0.2, -0.15) is 0 Å². The van der Waals surface area contributed by atoms with Crippen LogP contribution in [-0.2, 0) is 0 Å². The molecule has 0 saturated carbocycles. The maximum Gasteiger partial charge on any atom is 0.0874 e. The maximum absolute atomic E-state index is 6.26. The Morgan fingerprint density at radius 3 is 2.33 bits per heavy atom. The second kappa shape index (κ2) is 7.54. The lowest BCUT2D eigenvalue weighted by Gasteiger charge is -2.23. The molecule has 0 aliphatic rings. The van der Waals surface area contributed by atoms with Crippen LogP contribution in [0, 0.1) is 0 Å². The topological polar surface area (TPSA) is 0 Å². The van der Waals surface area contributed by atoms with Crippen LogP contribution in [0.1, 0.15) is 13.8 Å². The van der Waals surface area contributed by atoms with Gasteiger partial charge in [0, 0.05) is 4.48 Å². The molecule has 0 spiro atoms. The fourth-order valence-electron chi connectivity index (χ4n) is 0.799. The molecule has 0 rings (SSSR count). The molecule has 0 heterocycles. The molecule has 2 atom stereocenters. The summed E-state index contributed by atoms with van der Waals surface area (Å²) in [7, 11) is 0. The number of rotatable bonds is 4. The van der Waals surface area contributed by atoms with Crippen molar-refractivity contribution in [2.24, 2.45) is 0 Å². The number of allylic oxidation sites excluding steroid dienone is 4. The first-order valence-corrected chi connectivity index (χ1v) is 7.54. The number of alkyl halides is 2. The Balaban J connectivity index is 4.86. The molecule has 0 bridgehead atoms. The van der Waals surface area contributed by atoms with E-state index in [1.807, 2.05) is 24.9 Å². The van der Waals surface area contributed by atoms with Gasteiger partial charge in [0.2, 0.25) is 0 Å². The average Bonchev–Trinajstić information content (AvgIpc) is 2.16. The van der Waals surface area contributed by atoms with Crippen molar-refractivity contribution in [2.45, 2.75) is 24.1 Å². The van der Waals surface area contributed by atoms with Crippen LogP contribution in [0.25, 0.3) is 0 Å². The molecule has 86 valence electrons. The normalized spacial score (nSPS) is 20.5. The van der Waals surface area contributed by atoms with Gasteiger partial charge >= 0.3 is 0 Å². The fourth-order valence-corrected chi connectivity index (χ4v) is 2.92. The zero-order valence-electron chi connectivity index (χ0n) is 8.28. The van der Waals surface area contributed by atoms with Gasteiger partial charge in [-0.1, -0.05) is 53.9 Å². The highest BCUT2D eigenvalue weighted by molar-refractivity contribution is 9.12. The second-order valence-corrected chi connectivity index (χ2v) is 6.34. The molecule has 0 N–H and O–H groups in total. The summed E-state index contributed by atoms with van der Waals surface area (Å²) in [6, 6.07) is 0. The van der Waals surface area contributed by atoms with Crippen molar-refractivity contribution in [1.29, 1.82) is 0 Å². The van der Waals surface area contributed by atoms with Gasteiger partial charge in [0.1, 0.15) is 0 Å². The van der Waals surface area contributed by atoms with Gasteiger partial charge in [0.15, 0.2) is 0 Å². The highest BCUT2D eigenvalue weighted by Crippen LogP contribution is 2.34. The predicted molar refractivity (Wildman–Crippen MR) is 81.7 cm³/mol. The summed E-state index contributed by atoms with van der Waals surface area (Å²) in [6.45, 7) is 3.82. The third-order valence-corrected chi connectivity index (χ3v) is 4.75. The third-order valence-electron chi connectivity index (χ3n) is 1.66. The fraction of sp³-hybridized carbons (Fsp3) is 0.400. The standard InChI is InChI=1S/C10H11Br3Cl2/c1-7(6-12)5-8(13)9(14)10(2,15)3-4-11/h3-6,9H,1-2H3. The van der Waals surface area contributed by atoms with Crippen molar-refractivity contribution < 1.29 is 0 Å². The van der Waals surface area contributed by atoms with Gasteiger partial charge in [-0.3, -0.25) is 0 Å². The summed E-state index contributed by atoms with van der Waals surface area (Å²) >= 11 is 22.4. The molecule has 0 aliphatic carbocycles. The second-order valence-electron chi connectivity index (χ2n) is 3.19. The molecular weight excluding hydrogens is 431 g/mol. The van der Waals surface area contributed by atoms with E-state index < -0.39 is 4.87 Å². The van der Waals surface area contributed by atoms with Crippen LogP contribution in [0.4, 0.5) is 0 Å². The van der Waals surface area contributed by atoms with Crippen LogP contribution in [-0.4, -0.2) is 10.3 Å². The van der Waals surface area contributed by atoms with Gasteiger partial charge < -0.3 is 0 Å². The van der Waals surface area contributed by atoms with Gasteiger partial charge in [-0.15, -0.1) is 23.2 Å². The molecular formula is C10H11Br3Cl2. The molecule has 0 amide bonds. The molecule has 15 heavy (non-hydrogen) atoms. The highest BCUT2D eigenvalue weighted by Gasteiger charge is 2.29. The summed E-state index contributed by atoms with van der Waals surface area (Å²) in [6.07, 6.45) is 3.73. The van der Waals surface area contributed by atoms with Crippen molar-refractivity contribution in [3.63, 3.8) is 0 Å². The van der Waals surface area contributed by atoms with Gasteiger partial charge in [0.25, 0.3) is 0 Å². The van der Waals surface area contributed by atoms with Crippen molar-refractivity contribution in [3.05, 3.63) is 32.2 Å². The van der Waals surface area contributed by atoms with E-state index in [-0.39, 0.29) is 5.38 Å². The Morgan fingerprint density at radius 2 is 1.93 bits per heavy atom. The Hall–Kier alpha value is 1.24. The monoisotopic (exact) mass is 438 g/mol. The van der Waals surface area contributed by atoms with Crippen LogP contribution in [0.2, 0.25) is 0 Å². The molecule has 0 aliphatic heterocycles. The van der Waals surface area contributed by atoms with Crippen molar-refractivity contribution >= 4 is 71.0 Å². The van der Waals surface area contributed by atoms with Crippen molar-refractivity contribution in [2.75, 3.05) is 0 Å². The molecule has 0 saturated heterocycles. The van der Waals surface area contributed by atoms with E-state index in [0.717, 1.165) is 10.1 Å². The molecule has 0 fully saturated rings. The van der Waals surface area contributed by atoms with Crippen LogP contribution < -0.4 is 0 Å². The van der Waals surface area contributed by atoms with Gasteiger partial charge in [0.05, 0.1) is 10.3 Å². The summed E-state index contributed by atoms with van der Waals surface area (Å²) < 4.78 is 0.848. The largest absolute Gasteiger partial charge is 0.115 e. The van der Waals surface area contributed by atoms with E-state index in [0.29, 0.717) is 0 Å². The summed E-state index contributed by atoms with van der Waals surface area (Å²) in [5, 5.41) is -0.324. The Bertz CT molecular complexity index is 293. The van der Waals surface area contributed by atoms with E-state index in [2.05, 4.69) is 47.8 Å². The van der Waals surface area contributed by atoms with E-state index in [1.54, 1.807) is 11.1 Å². The lowest BCUT2D eigenvalue weighted by molar-refractivity contribution is 0.795. The van der Waals surface area contributed by atoms with Crippen molar-refractivity contribution in [3.8, 4) is 0 Å². The molecule has 0 radical (unpaired) electrons. The maximum atomic E-state index is 6.26. The van der Waals surface area contributed by atoms with E-state index in [9.17, 15) is 0 Å². The minimum atomic E-state index is -0.632. The summed E-state index contributed by atoms with van der Waals surface area (Å²) in [5.41, 5.74) is 1.06. The minimum Gasteiger partial charge on any atom is -0.115 e. The van der Waals surface area contributed by atoms with E-state index in [4.69, 9.17) is 23.2 Å². The third kappa shape index (κ3) is 5.92. The SMILES string of the molecule is CC(=CBr)C=C(Br)C(Cl)C(C)(Cl)C=CBr. The molecule has 0 nitrogen and oxygen atoms in total. The van der Waals surface area contributed by atoms with Crippen LogP contribution >= 0.6 is 71.0 Å². The quantitative estimate of drug-likeness (QED) is 0.366. The molecule has 5 heteroatoms. The lowest BCUT2D eigenvalue weighted by Crippen LogP contribution is -2.26. The highest BCUT2D eigenvalue weighted by atomic mass is 79.9. The van der Waals surface area contributed by atoms with Crippen molar-refractivity contribution in [1.82, 2.24) is 0 Å². The number of hydrogen-bond donors (Lipinski definition) is 0. The van der Waals surface area contributed by atoms with Crippen LogP contribution in [0.15, 0.2) is 32.2 Å². The summed E-state index contributed by atoms with van der Waals surface area (Å²) in [5.74, 6) is 0. The molecule has 0 aromatic carbocycles. The predicted octanol–water partition coefficient (Wildman–Crippen LogP) is 6.08. The first-order valence-electron chi connectivity index (χ1n) is 4.10. The first kappa shape index (κ1) is 16.2. The first-order chi connectivity index (χ1) is 6.85. The molecule has 2 unspecified atom stereocenters. The van der Waals surface area contributed by atoms with Gasteiger partial charge in [-0.25, -0.2) is 0 Å².